The van der Waals surface area contributed by atoms with Gasteiger partial charge in [0.05, 0.1) is 0 Å². The van der Waals surface area contributed by atoms with Crippen molar-refractivity contribution >= 4 is 14.8 Å². The van der Waals surface area contributed by atoms with Crippen LogP contribution in [0.2, 0.25) is 18.1 Å². The van der Waals surface area contributed by atoms with Crippen molar-refractivity contribution < 1.29 is 9.22 Å². The van der Waals surface area contributed by atoms with Gasteiger partial charge in [-0.25, -0.2) is 4.79 Å². The van der Waals surface area contributed by atoms with E-state index in [-0.39, 0.29) is 0 Å². The molecule has 131 valence electrons. The number of carbonyl (C=O) groups excluding carboxylic acids is 1. The van der Waals surface area contributed by atoms with E-state index in [4.69, 9.17) is 4.43 Å². The van der Waals surface area contributed by atoms with Crippen LogP contribution in [0.5, 0.6) is 0 Å². The van der Waals surface area contributed by atoms with Crippen LogP contribution in [0.15, 0.2) is 0 Å². The standard InChI is InChI=1S/C19H39O2Si/c1-4-7-10-13-16-22(21-19-20,17-14-11-8-5-2)18-15-12-9-6-3/h4-18H2,1-3H3. The van der Waals surface area contributed by atoms with Crippen LogP contribution in [-0.4, -0.2) is 14.8 Å². The average Bonchev–Trinajstić information content (AvgIpc) is 2.53. The van der Waals surface area contributed by atoms with E-state index in [1.807, 2.05) is 6.47 Å². The molecule has 1 radical (unpaired) electrons. The summed E-state index contributed by atoms with van der Waals surface area (Å²) < 4.78 is 5.70. The Labute approximate surface area is 140 Å². The third-order valence-electron chi connectivity index (χ3n) is 4.72. The summed E-state index contributed by atoms with van der Waals surface area (Å²) in [5.74, 6) is 0. The summed E-state index contributed by atoms with van der Waals surface area (Å²) in [6.07, 6.45) is 15.3. The van der Waals surface area contributed by atoms with E-state index in [0.29, 0.717) is 0 Å². The molecule has 0 bridgehead atoms. The summed E-state index contributed by atoms with van der Waals surface area (Å²) >= 11 is 0. The van der Waals surface area contributed by atoms with Crippen LogP contribution >= 0.6 is 0 Å². The molecule has 0 saturated heterocycles. The van der Waals surface area contributed by atoms with Gasteiger partial charge in [0.2, 0.25) is 0 Å². The Morgan fingerprint density at radius 2 is 1.00 bits per heavy atom. The predicted molar refractivity (Wildman–Crippen MR) is 99.4 cm³/mol. The smallest absolute Gasteiger partial charge is 0.402 e. The molecule has 0 aliphatic rings. The second-order valence-corrected chi connectivity index (χ2v) is 10.9. The second kappa shape index (κ2) is 15.6. The number of unbranched alkanes of at least 4 members (excludes halogenated alkanes) is 9. The van der Waals surface area contributed by atoms with Crippen LogP contribution in [-0.2, 0) is 9.22 Å². The average molecular weight is 328 g/mol. The molecule has 0 fully saturated rings. The number of hydrogen-bond acceptors (Lipinski definition) is 2. The Balaban J connectivity index is 4.43. The van der Waals surface area contributed by atoms with E-state index in [2.05, 4.69) is 20.8 Å². The molecule has 0 aliphatic carbocycles. The van der Waals surface area contributed by atoms with Gasteiger partial charge in [0, 0.05) is 0 Å². The highest BCUT2D eigenvalue weighted by Gasteiger charge is 2.35. The molecule has 0 aromatic heterocycles. The first-order chi connectivity index (χ1) is 10.7. The van der Waals surface area contributed by atoms with E-state index < -0.39 is 8.32 Å². The molecule has 3 heteroatoms. The normalized spacial score (nSPS) is 11.6. The molecule has 0 rings (SSSR count). The summed E-state index contributed by atoms with van der Waals surface area (Å²) in [5.41, 5.74) is 0. The molecule has 22 heavy (non-hydrogen) atoms. The van der Waals surface area contributed by atoms with Gasteiger partial charge in [-0.2, -0.15) is 0 Å². The highest BCUT2D eigenvalue weighted by molar-refractivity contribution is 6.74. The fraction of sp³-hybridized carbons (Fsp3) is 0.947. The maximum atomic E-state index is 11.0. The highest BCUT2D eigenvalue weighted by atomic mass is 28.4. The monoisotopic (exact) mass is 327 g/mol. The topological polar surface area (TPSA) is 26.3 Å². The Hall–Kier alpha value is -0.313. The van der Waals surface area contributed by atoms with Crippen molar-refractivity contribution in [2.75, 3.05) is 0 Å². The van der Waals surface area contributed by atoms with E-state index in [0.717, 1.165) is 0 Å². The predicted octanol–water partition coefficient (Wildman–Crippen LogP) is 6.76. The molecule has 0 saturated carbocycles. The van der Waals surface area contributed by atoms with Gasteiger partial charge in [-0.15, -0.1) is 0 Å². The second-order valence-electron chi connectivity index (χ2n) is 6.80. The lowest BCUT2D eigenvalue weighted by Crippen LogP contribution is -2.37. The first-order valence-electron chi connectivity index (χ1n) is 9.79. The van der Waals surface area contributed by atoms with Crippen molar-refractivity contribution in [2.24, 2.45) is 0 Å². The molecule has 0 unspecified atom stereocenters. The number of rotatable bonds is 17. The van der Waals surface area contributed by atoms with E-state index >= 15 is 0 Å². The molecule has 2 nitrogen and oxygen atoms in total. The van der Waals surface area contributed by atoms with Gasteiger partial charge in [0.1, 0.15) is 0 Å². The van der Waals surface area contributed by atoms with Crippen LogP contribution < -0.4 is 0 Å². The van der Waals surface area contributed by atoms with Crippen molar-refractivity contribution in [1.82, 2.24) is 0 Å². The molecule has 0 N–H and O–H groups in total. The van der Waals surface area contributed by atoms with E-state index in [1.165, 1.54) is 95.2 Å². The molecule has 0 aromatic carbocycles. The lowest BCUT2D eigenvalue weighted by molar-refractivity contribution is 0.422. The molecule has 0 spiro atoms. The van der Waals surface area contributed by atoms with Crippen LogP contribution in [0.3, 0.4) is 0 Å². The SMILES string of the molecule is CCCCCC[Si](CCCCCC)(CCCCCC)O[C]=O. The fourth-order valence-corrected chi connectivity index (χ4v) is 7.15. The van der Waals surface area contributed by atoms with Crippen LogP contribution in [0.25, 0.3) is 0 Å². The maximum Gasteiger partial charge on any atom is 0.402 e. The van der Waals surface area contributed by atoms with Gasteiger partial charge in [-0.1, -0.05) is 97.8 Å². The summed E-state index contributed by atoms with van der Waals surface area (Å²) in [6, 6.07) is 3.50. The molecule has 0 aromatic rings. The third-order valence-corrected chi connectivity index (χ3v) is 9.03. The molecule has 0 aliphatic heterocycles. The molecule has 0 atom stereocenters. The quantitative estimate of drug-likeness (QED) is 0.218. The van der Waals surface area contributed by atoms with Gasteiger partial charge >= 0.3 is 6.47 Å². The lowest BCUT2D eigenvalue weighted by Gasteiger charge is -2.29. The van der Waals surface area contributed by atoms with Crippen LogP contribution in [0.4, 0.5) is 0 Å². The first-order valence-corrected chi connectivity index (χ1v) is 12.3. The molecular weight excluding hydrogens is 288 g/mol. The molecule has 0 heterocycles. The molecular formula is C19H39O2Si. The Kier molecular flexibility index (Phi) is 15.4. The summed E-state index contributed by atoms with van der Waals surface area (Å²) in [7, 11) is -1.87. The zero-order chi connectivity index (χ0) is 16.5. The number of hydrogen-bond donors (Lipinski definition) is 0. The van der Waals surface area contributed by atoms with E-state index in [9.17, 15) is 4.79 Å². The highest BCUT2D eigenvalue weighted by Crippen LogP contribution is 2.30. The van der Waals surface area contributed by atoms with Gasteiger partial charge in [-0.05, 0) is 18.1 Å². The lowest BCUT2D eigenvalue weighted by atomic mass is 10.2. The summed E-state index contributed by atoms with van der Waals surface area (Å²) in [4.78, 5) is 11.0. The van der Waals surface area contributed by atoms with Crippen LogP contribution in [0, 0.1) is 0 Å². The van der Waals surface area contributed by atoms with Crippen molar-refractivity contribution in [3.05, 3.63) is 0 Å². The fourth-order valence-electron chi connectivity index (χ4n) is 3.24. The van der Waals surface area contributed by atoms with Crippen molar-refractivity contribution in [2.45, 2.75) is 116 Å². The van der Waals surface area contributed by atoms with E-state index in [1.54, 1.807) is 0 Å². The minimum atomic E-state index is -1.87. The van der Waals surface area contributed by atoms with Gasteiger partial charge in [0.15, 0.2) is 0 Å². The zero-order valence-electron chi connectivity index (χ0n) is 15.4. The maximum absolute atomic E-state index is 11.0. The molecule has 0 amide bonds. The first kappa shape index (κ1) is 21.7. The van der Waals surface area contributed by atoms with Gasteiger partial charge in [-0.3, -0.25) is 0 Å². The zero-order valence-corrected chi connectivity index (χ0v) is 16.4. The minimum Gasteiger partial charge on any atom is -0.511 e. The van der Waals surface area contributed by atoms with Gasteiger partial charge < -0.3 is 4.43 Å². The Morgan fingerprint density at radius 3 is 1.27 bits per heavy atom. The largest absolute Gasteiger partial charge is 0.511 e. The third kappa shape index (κ3) is 11.3. The van der Waals surface area contributed by atoms with Crippen molar-refractivity contribution in [3.8, 4) is 0 Å². The van der Waals surface area contributed by atoms with Gasteiger partial charge in [0.25, 0.3) is 8.32 Å². The Morgan fingerprint density at radius 1 is 0.636 bits per heavy atom. The van der Waals surface area contributed by atoms with Crippen molar-refractivity contribution in [3.63, 3.8) is 0 Å². The van der Waals surface area contributed by atoms with Crippen molar-refractivity contribution in [1.29, 1.82) is 0 Å². The minimum absolute atomic E-state index is 1.17. The summed E-state index contributed by atoms with van der Waals surface area (Å²) in [5, 5.41) is 0. The Bertz CT molecular complexity index is 212. The summed E-state index contributed by atoms with van der Waals surface area (Å²) in [6.45, 7) is 8.58. The van der Waals surface area contributed by atoms with Crippen LogP contribution in [0.1, 0.15) is 97.8 Å².